The highest BCUT2D eigenvalue weighted by Crippen LogP contribution is 2.01. The fourth-order valence-corrected chi connectivity index (χ4v) is 2.00. The predicted molar refractivity (Wildman–Crippen MR) is 103 cm³/mol. The minimum Gasteiger partial charge on any atom is -0.273 e. The molecule has 26 heavy (non-hydrogen) atoms. The summed E-state index contributed by atoms with van der Waals surface area (Å²) < 4.78 is 0. The van der Waals surface area contributed by atoms with E-state index in [4.69, 9.17) is 0 Å². The molecule has 0 saturated heterocycles. The van der Waals surface area contributed by atoms with Gasteiger partial charge in [-0.15, -0.1) is 0 Å². The van der Waals surface area contributed by atoms with Crippen LogP contribution in [0.3, 0.4) is 0 Å². The van der Waals surface area contributed by atoms with E-state index in [0.717, 1.165) is 22.3 Å². The van der Waals surface area contributed by atoms with E-state index < -0.39 is 0 Å². The SMILES string of the molecule is Cc1ccc(/C=N/NC(=O)CCC(=O)N/N=C/c2ccc(C)cc2)cc1. The fourth-order valence-electron chi connectivity index (χ4n) is 2.00. The lowest BCUT2D eigenvalue weighted by molar-refractivity contribution is -0.126. The quantitative estimate of drug-likeness (QED) is 0.594. The molecular formula is C20H22N4O2. The third-order valence-corrected chi connectivity index (χ3v) is 3.54. The first-order chi connectivity index (χ1) is 12.5. The molecule has 6 nitrogen and oxygen atoms in total. The van der Waals surface area contributed by atoms with Crippen LogP contribution in [0.25, 0.3) is 0 Å². The molecule has 0 aliphatic heterocycles. The van der Waals surface area contributed by atoms with E-state index in [9.17, 15) is 9.59 Å². The van der Waals surface area contributed by atoms with Gasteiger partial charge in [0.2, 0.25) is 11.8 Å². The van der Waals surface area contributed by atoms with Gasteiger partial charge in [-0.3, -0.25) is 9.59 Å². The van der Waals surface area contributed by atoms with Crippen LogP contribution in [0.4, 0.5) is 0 Å². The molecule has 0 aliphatic rings. The molecule has 0 saturated carbocycles. The number of rotatable bonds is 7. The Morgan fingerprint density at radius 1 is 0.731 bits per heavy atom. The molecule has 2 N–H and O–H groups in total. The van der Waals surface area contributed by atoms with Crippen molar-refractivity contribution in [1.82, 2.24) is 10.9 Å². The van der Waals surface area contributed by atoms with E-state index in [2.05, 4.69) is 21.1 Å². The van der Waals surface area contributed by atoms with Crippen LogP contribution in [0.5, 0.6) is 0 Å². The van der Waals surface area contributed by atoms with Gasteiger partial charge in [-0.1, -0.05) is 59.7 Å². The molecule has 0 bridgehead atoms. The maximum absolute atomic E-state index is 11.7. The summed E-state index contributed by atoms with van der Waals surface area (Å²) in [6.45, 7) is 4.00. The van der Waals surface area contributed by atoms with Crippen LogP contribution in [-0.2, 0) is 9.59 Å². The van der Waals surface area contributed by atoms with Gasteiger partial charge in [-0.05, 0) is 25.0 Å². The van der Waals surface area contributed by atoms with Crippen molar-refractivity contribution < 1.29 is 9.59 Å². The Balaban J connectivity index is 1.67. The van der Waals surface area contributed by atoms with Crippen molar-refractivity contribution in [2.75, 3.05) is 0 Å². The predicted octanol–water partition coefficient (Wildman–Crippen LogP) is 2.68. The highest BCUT2D eigenvalue weighted by molar-refractivity contribution is 5.86. The number of carbonyl (C=O) groups is 2. The number of benzene rings is 2. The zero-order valence-corrected chi connectivity index (χ0v) is 14.9. The second-order valence-corrected chi connectivity index (χ2v) is 5.91. The molecule has 2 aromatic carbocycles. The third-order valence-electron chi connectivity index (χ3n) is 3.54. The fraction of sp³-hybridized carbons (Fsp3) is 0.200. The van der Waals surface area contributed by atoms with Gasteiger partial charge in [0.05, 0.1) is 12.4 Å². The molecule has 6 heteroatoms. The smallest absolute Gasteiger partial charge is 0.240 e. The van der Waals surface area contributed by atoms with E-state index in [1.165, 1.54) is 0 Å². The van der Waals surface area contributed by atoms with Crippen molar-refractivity contribution in [2.24, 2.45) is 10.2 Å². The molecule has 0 atom stereocenters. The molecule has 2 amide bonds. The number of nitrogens with one attached hydrogen (secondary N) is 2. The molecule has 2 rings (SSSR count). The summed E-state index contributed by atoms with van der Waals surface area (Å²) in [4.78, 5) is 23.4. The van der Waals surface area contributed by atoms with E-state index >= 15 is 0 Å². The van der Waals surface area contributed by atoms with E-state index in [1.807, 2.05) is 62.4 Å². The lowest BCUT2D eigenvalue weighted by Crippen LogP contribution is -2.22. The first-order valence-electron chi connectivity index (χ1n) is 8.30. The van der Waals surface area contributed by atoms with Gasteiger partial charge in [-0.25, -0.2) is 10.9 Å². The Bertz CT molecular complexity index is 724. The van der Waals surface area contributed by atoms with Crippen LogP contribution in [0.2, 0.25) is 0 Å². The summed E-state index contributed by atoms with van der Waals surface area (Å²) in [5.41, 5.74) is 8.89. The van der Waals surface area contributed by atoms with Gasteiger partial charge in [0, 0.05) is 12.8 Å². The Hall–Kier alpha value is -3.28. The van der Waals surface area contributed by atoms with E-state index in [1.54, 1.807) is 12.4 Å². The molecule has 0 heterocycles. The van der Waals surface area contributed by atoms with E-state index in [0.29, 0.717) is 0 Å². The number of hydrogen-bond acceptors (Lipinski definition) is 4. The number of aryl methyl sites for hydroxylation is 2. The van der Waals surface area contributed by atoms with Gasteiger partial charge in [0.1, 0.15) is 0 Å². The minimum absolute atomic E-state index is 0.0388. The first kappa shape index (κ1) is 19.1. The number of hydrazone groups is 2. The molecule has 0 fully saturated rings. The maximum Gasteiger partial charge on any atom is 0.240 e. The standard InChI is InChI=1S/C20H22N4O2/c1-15-3-7-17(8-4-15)13-21-23-19(25)11-12-20(26)24-22-14-18-9-5-16(2)6-10-18/h3-10,13-14H,11-12H2,1-2H3,(H,23,25)(H,24,26)/b21-13+,22-14+. The summed E-state index contributed by atoms with van der Waals surface area (Å²) in [6, 6.07) is 15.5. The average Bonchev–Trinajstić information content (AvgIpc) is 2.63. The number of nitrogens with zero attached hydrogens (tertiary/aromatic N) is 2. The zero-order chi connectivity index (χ0) is 18.8. The van der Waals surface area contributed by atoms with Crippen molar-refractivity contribution in [1.29, 1.82) is 0 Å². The number of amides is 2. The lowest BCUT2D eigenvalue weighted by Gasteiger charge is -2.00. The van der Waals surface area contributed by atoms with Gasteiger partial charge < -0.3 is 0 Å². The van der Waals surface area contributed by atoms with Crippen molar-refractivity contribution in [3.63, 3.8) is 0 Å². The Morgan fingerprint density at radius 3 is 1.42 bits per heavy atom. The summed E-state index contributed by atoms with van der Waals surface area (Å²) in [5.74, 6) is -0.656. The first-order valence-corrected chi connectivity index (χ1v) is 8.30. The highest BCUT2D eigenvalue weighted by Gasteiger charge is 2.05. The Kier molecular flexibility index (Phi) is 7.24. The third kappa shape index (κ3) is 7.09. The largest absolute Gasteiger partial charge is 0.273 e. The summed E-state index contributed by atoms with van der Waals surface area (Å²) >= 11 is 0. The van der Waals surface area contributed by atoms with Crippen LogP contribution >= 0.6 is 0 Å². The molecule has 0 unspecified atom stereocenters. The van der Waals surface area contributed by atoms with Crippen molar-refractivity contribution in [3.05, 3.63) is 70.8 Å². The molecule has 0 aromatic heterocycles. The second kappa shape index (κ2) is 9.88. The highest BCUT2D eigenvalue weighted by atomic mass is 16.2. The van der Waals surface area contributed by atoms with Gasteiger partial charge in [0.25, 0.3) is 0 Å². The van der Waals surface area contributed by atoms with Gasteiger partial charge in [-0.2, -0.15) is 10.2 Å². The summed E-state index contributed by atoms with van der Waals surface area (Å²) in [5, 5.41) is 7.74. The normalized spacial score (nSPS) is 11.0. The minimum atomic E-state index is -0.328. The topological polar surface area (TPSA) is 82.9 Å². The van der Waals surface area contributed by atoms with Crippen LogP contribution in [0, 0.1) is 13.8 Å². The van der Waals surface area contributed by atoms with Gasteiger partial charge >= 0.3 is 0 Å². The monoisotopic (exact) mass is 350 g/mol. The lowest BCUT2D eigenvalue weighted by atomic mass is 10.2. The van der Waals surface area contributed by atoms with E-state index in [-0.39, 0.29) is 24.7 Å². The Labute approximate surface area is 153 Å². The van der Waals surface area contributed by atoms with Crippen LogP contribution in [-0.4, -0.2) is 24.2 Å². The zero-order valence-electron chi connectivity index (χ0n) is 14.9. The molecular weight excluding hydrogens is 328 g/mol. The Morgan fingerprint density at radius 2 is 1.08 bits per heavy atom. The number of hydrogen-bond donors (Lipinski definition) is 2. The molecule has 0 aliphatic carbocycles. The van der Waals surface area contributed by atoms with Crippen LogP contribution < -0.4 is 10.9 Å². The van der Waals surface area contributed by atoms with Crippen molar-refractivity contribution >= 4 is 24.2 Å². The van der Waals surface area contributed by atoms with Crippen LogP contribution in [0.1, 0.15) is 35.1 Å². The number of carbonyl (C=O) groups excluding carboxylic acids is 2. The molecule has 0 spiro atoms. The summed E-state index contributed by atoms with van der Waals surface area (Å²) in [7, 11) is 0. The van der Waals surface area contributed by atoms with Crippen molar-refractivity contribution in [2.45, 2.75) is 26.7 Å². The molecule has 134 valence electrons. The summed E-state index contributed by atoms with van der Waals surface area (Å²) in [6.07, 6.45) is 3.20. The second-order valence-electron chi connectivity index (χ2n) is 5.91. The molecule has 0 radical (unpaired) electrons. The average molecular weight is 350 g/mol. The van der Waals surface area contributed by atoms with Crippen LogP contribution in [0.15, 0.2) is 58.7 Å². The molecule has 2 aromatic rings. The van der Waals surface area contributed by atoms with Crippen molar-refractivity contribution in [3.8, 4) is 0 Å². The maximum atomic E-state index is 11.7. The van der Waals surface area contributed by atoms with Gasteiger partial charge in [0.15, 0.2) is 0 Å².